The summed E-state index contributed by atoms with van der Waals surface area (Å²) in [4.78, 5) is 9.24. The molecule has 0 amide bonds. The van der Waals surface area contributed by atoms with Gasteiger partial charge in [-0.2, -0.15) is 15.1 Å². The number of nitrogens with one attached hydrogen (secondary N) is 2. The number of para-hydroxylation sites is 1. The predicted octanol–water partition coefficient (Wildman–Crippen LogP) is 3.66. The number of nitrogens with zero attached hydrogens (tertiary/aromatic N) is 4. The van der Waals surface area contributed by atoms with Gasteiger partial charge in [0.05, 0.1) is 23.4 Å². The van der Waals surface area contributed by atoms with Gasteiger partial charge in [-0.1, -0.05) is 30.3 Å². The number of hydrogen-bond acceptors (Lipinski definition) is 6. The van der Waals surface area contributed by atoms with Crippen LogP contribution in [-0.2, 0) is 0 Å². The molecule has 0 aliphatic rings. The number of rotatable bonds is 6. The topological polar surface area (TPSA) is 87.9 Å². The smallest absolute Gasteiger partial charge is 0.226 e. The van der Waals surface area contributed by atoms with Crippen molar-refractivity contribution in [3.63, 3.8) is 0 Å². The minimum absolute atomic E-state index is 0.356. The molecule has 142 valence electrons. The second kappa shape index (κ2) is 7.66. The van der Waals surface area contributed by atoms with E-state index in [4.69, 9.17) is 0 Å². The Kier molecular flexibility index (Phi) is 4.90. The summed E-state index contributed by atoms with van der Waals surface area (Å²) < 4.78 is 1.78. The highest BCUT2D eigenvalue weighted by Gasteiger charge is 2.14. The number of aliphatic hydroxyl groups excluding tert-OH is 1. The second-order valence-electron chi connectivity index (χ2n) is 6.75. The van der Waals surface area contributed by atoms with Gasteiger partial charge in [-0.05, 0) is 43.7 Å². The molecule has 2 heterocycles. The fourth-order valence-corrected chi connectivity index (χ4v) is 2.94. The van der Waals surface area contributed by atoms with Crippen LogP contribution in [0.4, 0.5) is 17.5 Å². The molecule has 2 aromatic carbocycles. The van der Waals surface area contributed by atoms with Crippen LogP contribution in [-0.4, -0.2) is 37.5 Å². The predicted molar refractivity (Wildman–Crippen MR) is 111 cm³/mol. The molecule has 0 spiro atoms. The summed E-state index contributed by atoms with van der Waals surface area (Å²) in [5, 5.41) is 21.4. The summed E-state index contributed by atoms with van der Waals surface area (Å²) in [5.74, 6) is 1.09. The fraction of sp³-hybridized carbons (Fsp3) is 0.190. The number of aliphatic hydroxyl groups is 1. The summed E-state index contributed by atoms with van der Waals surface area (Å²) in [7, 11) is 0. The van der Waals surface area contributed by atoms with Crippen molar-refractivity contribution in [1.82, 2.24) is 19.7 Å². The van der Waals surface area contributed by atoms with Gasteiger partial charge < -0.3 is 15.7 Å². The van der Waals surface area contributed by atoms with Crippen LogP contribution < -0.4 is 10.6 Å². The summed E-state index contributed by atoms with van der Waals surface area (Å²) in [6.45, 7) is 4.12. The van der Waals surface area contributed by atoms with Crippen LogP contribution in [0.15, 0.2) is 60.8 Å². The quantitative estimate of drug-likeness (QED) is 0.477. The highest BCUT2D eigenvalue weighted by atomic mass is 16.3. The van der Waals surface area contributed by atoms with Crippen LogP contribution in [0.1, 0.15) is 12.5 Å². The van der Waals surface area contributed by atoms with Gasteiger partial charge in [0, 0.05) is 12.2 Å². The van der Waals surface area contributed by atoms with Crippen molar-refractivity contribution < 1.29 is 5.11 Å². The molecule has 0 bridgehead atoms. The molecule has 3 N–H and O–H groups in total. The average Bonchev–Trinajstić information content (AvgIpc) is 3.11. The van der Waals surface area contributed by atoms with Crippen molar-refractivity contribution in [2.24, 2.45) is 0 Å². The van der Waals surface area contributed by atoms with E-state index < -0.39 is 6.10 Å². The molecule has 1 atom stereocenters. The zero-order chi connectivity index (χ0) is 19.5. The van der Waals surface area contributed by atoms with E-state index in [2.05, 4.69) is 31.8 Å². The molecule has 7 nitrogen and oxygen atoms in total. The van der Waals surface area contributed by atoms with Crippen molar-refractivity contribution in [3.05, 3.63) is 66.4 Å². The highest BCUT2D eigenvalue weighted by molar-refractivity contribution is 5.90. The van der Waals surface area contributed by atoms with E-state index in [1.165, 1.54) is 0 Å². The number of benzene rings is 2. The van der Waals surface area contributed by atoms with Gasteiger partial charge in [-0.3, -0.25) is 0 Å². The molecule has 2 aromatic heterocycles. The maximum absolute atomic E-state index is 9.60. The monoisotopic (exact) mass is 374 g/mol. The van der Waals surface area contributed by atoms with Crippen LogP contribution in [0.2, 0.25) is 0 Å². The maximum atomic E-state index is 9.60. The lowest BCUT2D eigenvalue weighted by atomic mass is 10.2. The zero-order valence-corrected chi connectivity index (χ0v) is 15.8. The van der Waals surface area contributed by atoms with Crippen LogP contribution in [0.3, 0.4) is 0 Å². The number of hydrogen-bond donors (Lipinski definition) is 3. The SMILES string of the molecule is Cc1cccc(Nc2nc(NC[C@H](C)O)nc3c2cnn3-c2ccccc2)c1. The third-order valence-corrected chi connectivity index (χ3v) is 4.27. The second-order valence-corrected chi connectivity index (χ2v) is 6.75. The Bertz CT molecular complexity index is 1090. The number of anilines is 3. The van der Waals surface area contributed by atoms with Gasteiger partial charge in [-0.15, -0.1) is 0 Å². The van der Waals surface area contributed by atoms with Gasteiger partial charge in [0.15, 0.2) is 5.65 Å². The lowest BCUT2D eigenvalue weighted by Crippen LogP contribution is -2.17. The van der Waals surface area contributed by atoms with Crippen LogP contribution >= 0.6 is 0 Å². The lowest BCUT2D eigenvalue weighted by Gasteiger charge is -2.12. The number of aromatic nitrogens is 4. The minimum atomic E-state index is -0.508. The molecule has 0 radical (unpaired) electrons. The summed E-state index contributed by atoms with van der Waals surface area (Å²) in [5.41, 5.74) is 3.69. The Morgan fingerprint density at radius 1 is 1.07 bits per heavy atom. The van der Waals surface area contributed by atoms with Gasteiger partial charge in [0.2, 0.25) is 5.95 Å². The number of aryl methyl sites for hydroxylation is 1. The van der Waals surface area contributed by atoms with Gasteiger partial charge in [-0.25, -0.2) is 4.68 Å². The first kappa shape index (κ1) is 17.9. The molecule has 0 saturated heterocycles. The van der Waals surface area contributed by atoms with Gasteiger partial charge in [0.1, 0.15) is 5.82 Å². The van der Waals surface area contributed by atoms with E-state index in [0.717, 1.165) is 22.3 Å². The van der Waals surface area contributed by atoms with Crippen LogP contribution in [0.25, 0.3) is 16.7 Å². The molecule has 4 aromatic rings. The molecule has 0 aliphatic carbocycles. The van der Waals surface area contributed by atoms with Crippen molar-refractivity contribution in [1.29, 1.82) is 0 Å². The molecular formula is C21H22N6O. The molecule has 0 aliphatic heterocycles. The molecule has 4 rings (SSSR count). The minimum Gasteiger partial charge on any atom is -0.392 e. The fourth-order valence-electron chi connectivity index (χ4n) is 2.94. The van der Waals surface area contributed by atoms with E-state index in [9.17, 15) is 5.11 Å². The Hall–Kier alpha value is -3.45. The average molecular weight is 374 g/mol. The van der Waals surface area contributed by atoms with E-state index in [0.29, 0.717) is 24.0 Å². The third-order valence-electron chi connectivity index (χ3n) is 4.27. The Morgan fingerprint density at radius 3 is 2.64 bits per heavy atom. The highest BCUT2D eigenvalue weighted by Crippen LogP contribution is 2.27. The summed E-state index contributed by atoms with van der Waals surface area (Å²) in [6.07, 6.45) is 1.25. The number of fused-ring (bicyclic) bond motifs is 1. The normalized spacial score (nSPS) is 12.1. The van der Waals surface area contributed by atoms with Crippen LogP contribution in [0.5, 0.6) is 0 Å². The Balaban J connectivity index is 1.81. The summed E-state index contributed by atoms with van der Waals surface area (Å²) in [6, 6.07) is 17.9. The van der Waals surface area contributed by atoms with E-state index in [1.807, 2.05) is 55.5 Å². The van der Waals surface area contributed by atoms with E-state index >= 15 is 0 Å². The standard InChI is InChI=1S/C21H22N6O/c1-14-7-6-8-16(11-14)24-19-18-13-23-27(17-9-4-3-5-10-17)20(18)26-21(25-19)22-12-15(2)28/h3-11,13,15,28H,12H2,1-2H3,(H2,22,24,25,26)/t15-/m0/s1. The Labute approximate surface area is 163 Å². The van der Waals surface area contributed by atoms with Crippen molar-refractivity contribution >= 4 is 28.5 Å². The molecule has 0 unspecified atom stereocenters. The molecule has 7 heteroatoms. The first-order valence-corrected chi connectivity index (χ1v) is 9.17. The molecule has 0 saturated carbocycles. The van der Waals surface area contributed by atoms with E-state index in [1.54, 1.807) is 17.8 Å². The first-order chi connectivity index (χ1) is 13.6. The largest absolute Gasteiger partial charge is 0.392 e. The first-order valence-electron chi connectivity index (χ1n) is 9.17. The van der Waals surface area contributed by atoms with Gasteiger partial charge >= 0.3 is 0 Å². The maximum Gasteiger partial charge on any atom is 0.226 e. The van der Waals surface area contributed by atoms with E-state index in [-0.39, 0.29) is 0 Å². The molecule has 28 heavy (non-hydrogen) atoms. The van der Waals surface area contributed by atoms with Crippen LogP contribution in [0, 0.1) is 6.92 Å². The Morgan fingerprint density at radius 2 is 1.89 bits per heavy atom. The lowest BCUT2D eigenvalue weighted by molar-refractivity contribution is 0.208. The molecule has 0 fully saturated rings. The zero-order valence-electron chi connectivity index (χ0n) is 15.8. The summed E-state index contributed by atoms with van der Waals surface area (Å²) >= 11 is 0. The molecular weight excluding hydrogens is 352 g/mol. The van der Waals surface area contributed by atoms with Crippen molar-refractivity contribution in [3.8, 4) is 5.69 Å². The van der Waals surface area contributed by atoms with Crippen molar-refractivity contribution in [2.45, 2.75) is 20.0 Å². The third kappa shape index (κ3) is 3.79. The van der Waals surface area contributed by atoms with Crippen molar-refractivity contribution in [2.75, 3.05) is 17.2 Å². The van der Waals surface area contributed by atoms with Gasteiger partial charge in [0.25, 0.3) is 0 Å².